The molecule has 13 aromatic rings. The number of para-hydroxylation sites is 2. The number of benzene rings is 11. The molecule has 0 atom stereocenters. The summed E-state index contributed by atoms with van der Waals surface area (Å²) in [7, 11) is 0. The fourth-order valence-electron chi connectivity index (χ4n) is 13.7. The van der Waals surface area contributed by atoms with E-state index in [0.717, 1.165) is 5.69 Å². The highest BCUT2D eigenvalue weighted by atomic mass is 15.0. The molecule has 2 spiro atoms. The van der Waals surface area contributed by atoms with Gasteiger partial charge in [-0.15, -0.1) is 0 Å². The third-order valence-electron chi connectivity index (χ3n) is 16.2. The van der Waals surface area contributed by atoms with Crippen molar-refractivity contribution in [3.05, 3.63) is 287 Å². The first-order valence-corrected chi connectivity index (χ1v) is 23.8. The predicted octanol–water partition coefficient (Wildman–Crippen LogP) is 16.1. The van der Waals surface area contributed by atoms with Gasteiger partial charge in [0.1, 0.15) is 0 Å². The van der Waals surface area contributed by atoms with Crippen LogP contribution in [0.3, 0.4) is 0 Å². The molecule has 2 nitrogen and oxygen atoms in total. The zero-order chi connectivity index (χ0) is 44.3. The van der Waals surface area contributed by atoms with Gasteiger partial charge in [-0.1, -0.05) is 200 Å². The highest BCUT2D eigenvalue weighted by Gasteiger charge is 2.59. The highest BCUT2D eigenvalue weighted by Crippen LogP contribution is 2.67. The molecule has 0 N–H and O–H groups in total. The van der Waals surface area contributed by atoms with Gasteiger partial charge in [0, 0.05) is 32.6 Å². The zero-order valence-electron chi connectivity index (χ0n) is 37.0. The van der Waals surface area contributed by atoms with E-state index in [2.05, 4.69) is 252 Å². The van der Waals surface area contributed by atoms with Gasteiger partial charge in [-0.05, 0) is 115 Å². The Bertz CT molecular complexity index is 4250. The predicted molar refractivity (Wildman–Crippen MR) is 281 cm³/mol. The Hall–Kier alpha value is -8.72. The van der Waals surface area contributed by atoms with Gasteiger partial charge in [-0.2, -0.15) is 0 Å². The van der Waals surface area contributed by atoms with Gasteiger partial charge in [0.25, 0.3) is 0 Å². The van der Waals surface area contributed by atoms with E-state index in [1.807, 2.05) is 0 Å². The highest BCUT2D eigenvalue weighted by molar-refractivity contribution is 6.19. The minimum Gasteiger partial charge on any atom is -0.309 e. The second-order valence-corrected chi connectivity index (χ2v) is 19.0. The molecule has 0 bridgehead atoms. The Labute approximate surface area is 393 Å². The SMILES string of the molecule is c1ccc2c(c1)-c1ccccc1C21c2ccccc2C2(c3ccccc3-c3ccccc32)c2cc(-n3c4ccccc4c4cc5c(cc43)c3ccccc3n5-c3cccc4ccccc34)ccc21. The average molecular weight is 861 g/mol. The van der Waals surface area contributed by atoms with E-state index in [9.17, 15) is 0 Å². The van der Waals surface area contributed by atoms with Gasteiger partial charge in [0.2, 0.25) is 0 Å². The van der Waals surface area contributed by atoms with Gasteiger partial charge >= 0.3 is 0 Å². The lowest BCUT2D eigenvalue weighted by Gasteiger charge is -2.49. The molecule has 0 unspecified atom stereocenters. The molecule has 314 valence electrons. The quantitative estimate of drug-likeness (QED) is 0.164. The van der Waals surface area contributed by atoms with Gasteiger partial charge in [0.05, 0.1) is 38.6 Å². The van der Waals surface area contributed by atoms with Crippen LogP contribution >= 0.6 is 0 Å². The lowest BCUT2D eigenvalue weighted by molar-refractivity contribution is 0.632. The summed E-state index contributed by atoms with van der Waals surface area (Å²) >= 11 is 0. The van der Waals surface area contributed by atoms with Crippen molar-refractivity contribution in [2.75, 3.05) is 0 Å². The van der Waals surface area contributed by atoms with Crippen molar-refractivity contribution in [1.29, 1.82) is 0 Å². The second kappa shape index (κ2) is 13.0. The molecule has 68 heavy (non-hydrogen) atoms. The fraction of sp³-hybridized carbons (Fsp3) is 0.0303. The summed E-state index contributed by atoms with van der Waals surface area (Å²) in [4.78, 5) is 0. The van der Waals surface area contributed by atoms with Gasteiger partial charge in [-0.3, -0.25) is 0 Å². The van der Waals surface area contributed by atoms with Crippen LogP contribution in [0.25, 0.3) is 88.0 Å². The summed E-state index contributed by atoms with van der Waals surface area (Å²) in [5.74, 6) is 0. The van der Waals surface area contributed by atoms with E-state index < -0.39 is 10.8 Å². The minimum atomic E-state index is -0.579. The maximum absolute atomic E-state index is 2.59. The maximum atomic E-state index is 2.59. The zero-order valence-corrected chi connectivity index (χ0v) is 37.0. The molecule has 0 amide bonds. The molecule has 0 saturated heterocycles. The Morgan fingerprint density at radius 1 is 0.235 bits per heavy atom. The van der Waals surface area contributed by atoms with Crippen molar-refractivity contribution in [3.8, 4) is 33.6 Å². The van der Waals surface area contributed by atoms with Crippen LogP contribution in [0.5, 0.6) is 0 Å². The standard InChI is InChI=1S/C66H40N2/c1-2-20-43-41(18-1)19-17-35-60(43)68-62-34-16-8-26-49(62)51-39-63-50(40-64(51)68)48-25-7-15-33-61(48)67(63)42-36-37-58-59(38-42)66(54-29-11-5-23-46(54)47-24-6-12-30-55(47)66)57-32-14-13-31-56(57)65(58)52-27-9-3-21-44(52)45-22-4-10-28-53(45)65/h1-40H. The Morgan fingerprint density at radius 3 is 1.19 bits per heavy atom. The van der Waals surface area contributed by atoms with Crippen LogP contribution in [0.15, 0.2) is 243 Å². The largest absolute Gasteiger partial charge is 0.309 e. The van der Waals surface area contributed by atoms with Crippen molar-refractivity contribution in [3.63, 3.8) is 0 Å². The second-order valence-electron chi connectivity index (χ2n) is 19.0. The maximum Gasteiger partial charge on any atom is 0.0720 e. The van der Waals surface area contributed by atoms with Crippen LogP contribution in [-0.4, -0.2) is 9.13 Å². The summed E-state index contributed by atoms with van der Waals surface area (Å²) < 4.78 is 5.04. The normalized spacial score (nSPS) is 14.4. The molecular formula is C66H40N2. The minimum absolute atomic E-state index is 0.536. The van der Waals surface area contributed by atoms with Crippen molar-refractivity contribution >= 4 is 54.4 Å². The first kappa shape index (κ1) is 36.5. The third-order valence-corrected chi connectivity index (χ3v) is 16.2. The third kappa shape index (κ3) is 4.26. The number of nitrogens with zero attached hydrogens (tertiary/aromatic N) is 2. The van der Waals surface area contributed by atoms with Crippen molar-refractivity contribution in [2.24, 2.45) is 0 Å². The van der Waals surface area contributed by atoms with E-state index in [-0.39, 0.29) is 0 Å². The number of fused-ring (bicyclic) bond motifs is 23. The van der Waals surface area contributed by atoms with Crippen LogP contribution in [0.1, 0.15) is 44.5 Å². The van der Waals surface area contributed by atoms with E-state index in [0.29, 0.717) is 0 Å². The average Bonchev–Trinajstić information content (AvgIpc) is 4.10. The van der Waals surface area contributed by atoms with Crippen LogP contribution < -0.4 is 0 Å². The van der Waals surface area contributed by atoms with Crippen molar-refractivity contribution in [1.82, 2.24) is 9.13 Å². The van der Waals surface area contributed by atoms with Gasteiger partial charge in [-0.25, -0.2) is 0 Å². The van der Waals surface area contributed by atoms with E-state index >= 15 is 0 Å². The van der Waals surface area contributed by atoms with Crippen LogP contribution in [0, 0.1) is 0 Å². The molecule has 2 heterocycles. The van der Waals surface area contributed by atoms with E-state index in [1.54, 1.807) is 0 Å². The van der Waals surface area contributed by atoms with E-state index in [1.165, 1.54) is 127 Å². The number of hydrogen-bond acceptors (Lipinski definition) is 0. The molecule has 2 heteroatoms. The molecule has 0 saturated carbocycles. The summed E-state index contributed by atoms with van der Waals surface area (Å²) in [6, 6.07) is 92.0. The first-order chi connectivity index (χ1) is 33.8. The molecule has 3 aliphatic rings. The lowest BCUT2D eigenvalue weighted by Crippen LogP contribution is -2.43. The van der Waals surface area contributed by atoms with Crippen molar-refractivity contribution < 1.29 is 0 Å². The van der Waals surface area contributed by atoms with Gasteiger partial charge < -0.3 is 9.13 Å². The first-order valence-electron chi connectivity index (χ1n) is 23.8. The summed E-state index contributed by atoms with van der Waals surface area (Å²) in [5, 5.41) is 7.44. The molecule has 0 radical (unpaired) electrons. The smallest absolute Gasteiger partial charge is 0.0720 e. The monoisotopic (exact) mass is 860 g/mol. The van der Waals surface area contributed by atoms with Crippen LogP contribution in [-0.2, 0) is 10.8 Å². The Balaban J connectivity index is 1.05. The van der Waals surface area contributed by atoms with Gasteiger partial charge in [0.15, 0.2) is 0 Å². The number of rotatable bonds is 2. The number of aromatic nitrogens is 2. The molecule has 0 aliphatic heterocycles. The summed E-state index contributed by atoms with van der Waals surface area (Å²) in [5.41, 5.74) is 22.0. The molecule has 3 aliphatic carbocycles. The number of hydrogen-bond donors (Lipinski definition) is 0. The van der Waals surface area contributed by atoms with Crippen LogP contribution in [0.2, 0.25) is 0 Å². The molecule has 0 fully saturated rings. The topological polar surface area (TPSA) is 9.86 Å². The molecular weight excluding hydrogens is 821 g/mol. The fourth-order valence-corrected chi connectivity index (χ4v) is 13.7. The van der Waals surface area contributed by atoms with Crippen molar-refractivity contribution in [2.45, 2.75) is 10.8 Å². The lowest BCUT2D eigenvalue weighted by atomic mass is 9.52. The van der Waals surface area contributed by atoms with E-state index in [4.69, 9.17) is 0 Å². The molecule has 2 aromatic heterocycles. The summed E-state index contributed by atoms with van der Waals surface area (Å²) in [6.45, 7) is 0. The Kier molecular flexibility index (Phi) is 6.98. The molecule has 16 rings (SSSR count). The molecule has 11 aromatic carbocycles. The summed E-state index contributed by atoms with van der Waals surface area (Å²) in [6.07, 6.45) is 0. The Morgan fingerprint density at radius 2 is 0.632 bits per heavy atom. The van der Waals surface area contributed by atoms with Crippen LogP contribution in [0.4, 0.5) is 0 Å².